The highest BCUT2D eigenvalue weighted by atomic mass is 15.1. The summed E-state index contributed by atoms with van der Waals surface area (Å²) in [5.74, 6) is 3.41. The summed E-state index contributed by atoms with van der Waals surface area (Å²) in [7, 11) is 0. The molecular weight excluding hydrogens is 182 g/mol. The van der Waals surface area contributed by atoms with Crippen molar-refractivity contribution in [2.45, 2.75) is 18.8 Å². The maximum atomic E-state index is 5.35. The van der Waals surface area contributed by atoms with Crippen LogP contribution in [-0.4, -0.2) is 24.5 Å². The van der Waals surface area contributed by atoms with Crippen LogP contribution >= 0.6 is 0 Å². The van der Waals surface area contributed by atoms with Gasteiger partial charge in [0, 0.05) is 6.54 Å². The van der Waals surface area contributed by atoms with Gasteiger partial charge in [-0.15, -0.1) is 6.42 Å². The van der Waals surface area contributed by atoms with Gasteiger partial charge in [-0.1, -0.05) is 36.3 Å². The third kappa shape index (κ3) is 2.61. The molecule has 1 unspecified atom stereocenters. The summed E-state index contributed by atoms with van der Waals surface area (Å²) in [6.45, 7) is 3.07. The molecular formula is C14H17N. The molecule has 2 rings (SSSR count). The van der Waals surface area contributed by atoms with Crippen molar-refractivity contribution in [1.82, 2.24) is 4.90 Å². The molecule has 0 spiro atoms. The molecule has 0 aliphatic carbocycles. The molecule has 0 aromatic heterocycles. The van der Waals surface area contributed by atoms with Crippen molar-refractivity contribution in [3.05, 3.63) is 35.9 Å². The van der Waals surface area contributed by atoms with Crippen molar-refractivity contribution in [3.8, 4) is 12.3 Å². The number of piperidine rings is 1. The lowest BCUT2D eigenvalue weighted by Crippen LogP contribution is -2.34. The van der Waals surface area contributed by atoms with Crippen LogP contribution in [0.1, 0.15) is 24.3 Å². The van der Waals surface area contributed by atoms with Crippen LogP contribution in [0.4, 0.5) is 0 Å². The Morgan fingerprint density at radius 3 is 2.87 bits per heavy atom. The summed E-state index contributed by atoms with van der Waals surface area (Å²) in [5.41, 5.74) is 1.46. The van der Waals surface area contributed by atoms with Crippen LogP contribution in [0.15, 0.2) is 30.3 Å². The normalized spacial score (nSPS) is 22.2. The second kappa shape index (κ2) is 5.00. The molecule has 15 heavy (non-hydrogen) atoms. The Labute approximate surface area is 92.1 Å². The van der Waals surface area contributed by atoms with Crippen LogP contribution in [0.25, 0.3) is 0 Å². The second-order valence-corrected chi connectivity index (χ2v) is 4.19. The monoisotopic (exact) mass is 199 g/mol. The zero-order valence-corrected chi connectivity index (χ0v) is 9.02. The van der Waals surface area contributed by atoms with Crippen molar-refractivity contribution >= 4 is 0 Å². The Morgan fingerprint density at radius 2 is 2.13 bits per heavy atom. The van der Waals surface area contributed by atoms with Crippen molar-refractivity contribution in [1.29, 1.82) is 0 Å². The summed E-state index contributed by atoms with van der Waals surface area (Å²) < 4.78 is 0. The zero-order chi connectivity index (χ0) is 10.5. The van der Waals surface area contributed by atoms with Gasteiger partial charge in [-0.2, -0.15) is 0 Å². The number of hydrogen-bond donors (Lipinski definition) is 0. The lowest BCUT2D eigenvalue weighted by atomic mass is 9.91. The van der Waals surface area contributed by atoms with Gasteiger partial charge in [0.1, 0.15) is 0 Å². The van der Waals surface area contributed by atoms with E-state index < -0.39 is 0 Å². The first-order chi connectivity index (χ1) is 7.40. The van der Waals surface area contributed by atoms with Crippen molar-refractivity contribution < 1.29 is 0 Å². The third-order valence-corrected chi connectivity index (χ3v) is 3.09. The van der Waals surface area contributed by atoms with Crippen molar-refractivity contribution in [2.24, 2.45) is 0 Å². The molecule has 1 aromatic rings. The van der Waals surface area contributed by atoms with E-state index in [1.165, 1.54) is 18.4 Å². The van der Waals surface area contributed by atoms with E-state index in [1.807, 2.05) is 0 Å². The number of hydrogen-bond acceptors (Lipinski definition) is 1. The molecule has 0 saturated carbocycles. The summed E-state index contributed by atoms with van der Waals surface area (Å²) in [6, 6.07) is 10.8. The fourth-order valence-electron chi connectivity index (χ4n) is 2.33. The van der Waals surface area contributed by atoms with Crippen LogP contribution in [0.5, 0.6) is 0 Å². The average Bonchev–Trinajstić information content (AvgIpc) is 2.31. The fraction of sp³-hybridized carbons (Fsp3) is 0.429. The highest BCUT2D eigenvalue weighted by Crippen LogP contribution is 2.26. The third-order valence-electron chi connectivity index (χ3n) is 3.09. The zero-order valence-electron chi connectivity index (χ0n) is 9.02. The molecule has 0 radical (unpaired) electrons. The number of benzene rings is 1. The molecule has 1 aliphatic rings. The summed E-state index contributed by atoms with van der Waals surface area (Å²) >= 11 is 0. The number of terminal acetylenes is 1. The van der Waals surface area contributed by atoms with Gasteiger partial charge < -0.3 is 0 Å². The van der Waals surface area contributed by atoms with Gasteiger partial charge in [0.25, 0.3) is 0 Å². The van der Waals surface area contributed by atoms with Crippen molar-refractivity contribution in [2.75, 3.05) is 19.6 Å². The van der Waals surface area contributed by atoms with Crippen molar-refractivity contribution in [3.63, 3.8) is 0 Å². The molecule has 1 aliphatic heterocycles. The average molecular weight is 199 g/mol. The number of rotatable bonds is 2. The van der Waals surface area contributed by atoms with Gasteiger partial charge in [0.15, 0.2) is 0 Å². The van der Waals surface area contributed by atoms with E-state index in [2.05, 4.69) is 41.2 Å². The minimum absolute atomic E-state index is 0.674. The topological polar surface area (TPSA) is 3.24 Å². The Balaban J connectivity index is 2.02. The standard InChI is InChI=1S/C14H17N/c1-2-10-15-11-6-9-14(12-15)13-7-4-3-5-8-13/h1,3-5,7-8,14H,6,9-12H2. The molecule has 1 atom stereocenters. The van der Waals surface area contributed by atoms with Gasteiger partial charge in [0.2, 0.25) is 0 Å². The quantitative estimate of drug-likeness (QED) is 0.661. The van der Waals surface area contributed by atoms with Gasteiger partial charge in [-0.3, -0.25) is 4.90 Å². The van der Waals surface area contributed by atoms with Crippen LogP contribution in [-0.2, 0) is 0 Å². The fourth-order valence-corrected chi connectivity index (χ4v) is 2.33. The van der Waals surface area contributed by atoms with E-state index in [0.717, 1.165) is 19.6 Å². The first-order valence-electron chi connectivity index (χ1n) is 5.61. The summed E-state index contributed by atoms with van der Waals surface area (Å²) in [4.78, 5) is 2.38. The van der Waals surface area contributed by atoms with E-state index >= 15 is 0 Å². The molecule has 1 saturated heterocycles. The summed E-state index contributed by atoms with van der Waals surface area (Å²) in [6.07, 6.45) is 7.91. The molecule has 78 valence electrons. The van der Waals surface area contributed by atoms with Gasteiger partial charge >= 0.3 is 0 Å². The first kappa shape index (κ1) is 10.3. The maximum absolute atomic E-state index is 5.35. The second-order valence-electron chi connectivity index (χ2n) is 4.19. The van der Waals surface area contributed by atoms with E-state index in [4.69, 9.17) is 6.42 Å². The van der Waals surface area contributed by atoms with Gasteiger partial charge in [-0.25, -0.2) is 0 Å². The van der Waals surface area contributed by atoms with Crippen LogP contribution < -0.4 is 0 Å². The Morgan fingerprint density at radius 1 is 1.33 bits per heavy atom. The van der Waals surface area contributed by atoms with Crippen LogP contribution in [0, 0.1) is 12.3 Å². The number of likely N-dealkylation sites (tertiary alicyclic amines) is 1. The molecule has 1 heteroatoms. The van der Waals surface area contributed by atoms with Gasteiger partial charge in [-0.05, 0) is 30.9 Å². The Hall–Kier alpha value is -1.26. The lowest BCUT2D eigenvalue weighted by molar-refractivity contribution is 0.231. The SMILES string of the molecule is C#CCN1CCCC(c2ccccc2)C1. The van der Waals surface area contributed by atoms with E-state index in [9.17, 15) is 0 Å². The van der Waals surface area contributed by atoms with Crippen LogP contribution in [0.2, 0.25) is 0 Å². The molecule has 1 heterocycles. The van der Waals surface area contributed by atoms with E-state index in [1.54, 1.807) is 0 Å². The van der Waals surface area contributed by atoms with E-state index in [0.29, 0.717) is 5.92 Å². The summed E-state index contributed by atoms with van der Waals surface area (Å²) in [5, 5.41) is 0. The molecule has 1 nitrogen and oxygen atoms in total. The Bertz CT molecular complexity index is 336. The van der Waals surface area contributed by atoms with Crippen LogP contribution in [0.3, 0.4) is 0 Å². The minimum Gasteiger partial charge on any atom is -0.292 e. The predicted molar refractivity (Wildman–Crippen MR) is 63.7 cm³/mol. The molecule has 1 fully saturated rings. The smallest absolute Gasteiger partial charge is 0.0599 e. The van der Waals surface area contributed by atoms with Gasteiger partial charge in [0.05, 0.1) is 6.54 Å². The maximum Gasteiger partial charge on any atom is 0.0599 e. The highest BCUT2D eigenvalue weighted by molar-refractivity contribution is 5.20. The number of nitrogens with zero attached hydrogens (tertiary/aromatic N) is 1. The highest BCUT2D eigenvalue weighted by Gasteiger charge is 2.19. The Kier molecular flexibility index (Phi) is 3.42. The van der Waals surface area contributed by atoms with E-state index in [-0.39, 0.29) is 0 Å². The molecule has 0 bridgehead atoms. The molecule has 0 amide bonds. The predicted octanol–water partition coefficient (Wildman–Crippen LogP) is 2.50. The minimum atomic E-state index is 0.674. The lowest BCUT2D eigenvalue weighted by Gasteiger charge is -2.31. The molecule has 1 aromatic carbocycles. The largest absolute Gasteiger partial charge is 0.292 e. The molecule has 0 N–H and O–H groups in total. The first-order valence-corrected chi connectivity index (χ1v) is 5.61.